The van der Waals surface area contributed by atoms with Crippen LogP contribution in [0.4, 0.5) is 0 Å². The molecule has 2 saturated heterocycles. The van der Waals surface area contributed by atoms with Crippen LogP contribution in [0.1, 0.15) is 19.3 Å². The summed E-state index contributed by atoms with van der Waals surface area (Å²) < 4.78 is 0. The van der Waals surface area contributed by atoms with Gasteiger partial charge < -0.3 is 16.0 Å². The lowest BCUT2D eigenvalue weighted by molar-refractivity contribution is -0.135. The van der Waals surface area contributed by atoms with Crippen LogP contribution >= 0.6 is 0 Å². The molecule has 2 rings (SSSR count). The van der Waals surface area contributed by atoms with E-state index >= 15 is 0 Å². The largest absolute Gasteiger partial charge is 0.341 e. The lowest BCUT2D eigenvalue weighted by atomic mass is 9.98. The Balaban J connectivity index is 1.87. The second kappa shape index (κ2) is 4.28. The summed E-state index contributed by atoms with van der Waals surface area (Å²) >= 11 is 0. The van der Waals surface area contributed by atoms with E-state index in [0.717, 1.165) is 45.4 Å². The Morgan fingerprint density at radius 3 is 2.86 bits per heavy atom. The van der Waals surface area contributed by atoms with Gasteiger partial charge in [0.1, 0.15) is 0 Å². The van der Waals surface area contributed by atoms with Gasteiger partial charge in [-0.3, -0.25) is 4.79 Å². The highest BCUT2D eigenvalue weighted by molar-refractivity contribution is 5.79. The molecule has 2 aliphatic heterocycles. The van der Waals surface area contributed by atoms with Crippen molar-refractivity contribution in [2.45, 2.75) is 25.3 Å². The van der Waals surface area contributed by atoms with E-state index in [1.165, 1.54) is 0 Å². The van der Waals surface area contributed by atoms with Gasteiger partial charge in [-0.15, -0.1) is 0 Å². The second-order valence-corrected chi connectivity index (χ2v) is 4.38. The zero-order valence-corrected chi connectivity index (χ0v) is 8.54. The van der Waals surface area contributed by atoms with Crippen molar-refractivity contribution in [1.82, 2.24) is 10.2 Å². The molecule has 0 radical (unpaired) electrons. The first-order valence-corrected chi connectivity index (χ1v) is 5.52. The van der Waals surface area contributed by atoms with Crippen LogP contribution in [-0.2, 0) is 4.79 Å². The average molecular weight is 197 g/mol. The Kier molecular flexibility index (Phi) is 3.03. The van der Waals surface area contributed by atoms with Crippen molar-refractivity contribution in [1.29, 1.82) is 0 Å². The summed E-state index contributed by atoms with van der Waals surface area (Å²) in [5, 5.41) is 3.27. The van der Waals surface area contributed by atoms with E-state index in [9.17, 15) is 4.79 Å². The first kappa shape index (κ1) is 9.93. The molecule has 0 saturated carbocycles. The van der Waals surface area contributed by atoms with Crippen molar-refractivity contribution in [3.63, 3.8) is 0 Å². The maximum absolute atomic E-state index is 12.0. The van der Waals surface area contributed by atoms with Gasteiger partial charge in [-0.25, -0.2) is 0 Å². The van der Waals surface area contributed by atoms with Gasteiger partial charge in [0.2, 0.25) is 5.91 Å². The summed E-state index contributed by atoms with van der Waals surface area (Å²) in [5.41, 5.74) is 5.78. The van der Waals surface area contributed by atoms with Gasteiger partial charge >= 0.3 is 0 Å². The number of hydrogen-bond donors (Lipinski definition) is 2. The van der Waals surface area contributed by atoms with Gasteiger partial charge in [0.05, 0.1) is 5.92 Å². The third-order valence-electron chi connectivity index (χ3n) is 3.18. The van der Waals surface area contributed by atoms with Crippen LogP contribution in [-0.4, -0.2) is 43.0 Å². The van der Waals surface area contributed by atoms with E-state index in [1.54, 1.807) is 0 Å². The fourth-order valence-corrected chi connectivity index (χ4v) is 2.31. The zero-order valence-electron chi connectivity index (χ0n) is 8.54. The maximum Gasteiger partial charge on any atom is 0.227 e. The smallest absolute Gasteiger partial charge is 0.227 e. The molecule has 14 heavy (non-hydrogen) atoms. The quantitative estimate of drug-likeness (QED) is 0.598. The molecule has 2 atom stereocenters. The zero-order chi connectivity index (χ0) is 9.97. The van der Waals surface area contributed by atoms with Gasteiger partial charge in [-0.05, 0) is 25.8 Å². The van der Waals surface area contributed by atoms with E-state index in [1.807, 2.05) is 4.90 Å². The second-order valence-electron chi connectivity index (χ2n) is 4.38. The SMILES string of the molecule is NC1CCN(C(=O)[C@@H]2CCCNC2)C1. The average Bonchev–Trinajstić information content (AvgIpc) is 2.65. The van der Waals surface area contributed by atoms with Crippen molar-refractivity contribution in [3.8, 4) is 0 Å². The highest BCUT2D eigenvalue weighted by atomic mass is 16.2. The Bertz CT molecular complexity index is 207. The number of carbonyl (C=O) groups excluding carboxylic acids is 1. The molecular weight excluding hydrogens is 178 g/mol. The number of nitrogens with one attached hydrogen (secondary N) is 1. The van der Waals surface area contributed by atoms with Crippen molar-refractivity contribution in [3.05, 3.63) is 0 Å². The molecule has 1 amide bonds. The Hall–Kier alpha value is -0.610. The summed E-state index contributed by atoms with van der Waals surface area (Å²) in [4.78, 5) is 13.9. The minimum absolute atomic E-state index is 0.203. The summed E-state index contributed by atoms with van der Waals surface area (Å²) in [5.74, 6) is 0.513. The molecule has 0 aliphatic carbocycles. The highest BCUT2D eigenvalue weighted by Gasteiger charge is 2.29. The number of amides is 1. The molecule has 4 nitrogen and oxygen atoms in total. The highest BCUT2D eigenvalue weighted by Crippen LogP contribution is 2.16. The molecule has 4 heteroatoms. The topological polar surface area (TPSA) is 58.4 Å². The number of nitrogens with zero attached hydrogens (tertiary/aromatic N) is 1. The van der Waals surface area contributed by atoms with Crippen LogP contribution in [0.3, 0.4) is 0 Å². The maximum atomic E-state index is 12.0. The Morgan fingerprint density at radius 2 is 2.29 bits per heavy atom. The van der Waals surface area contributed by atoms with Crippen LogP contribution in [0.25, 0.3) is 0 Å². The lowest BCUT2D eigenvalue weighted by Crippen LogP contribution is -2.42. The van der Waals surface area contributed by atoms with Crippen LogP contribution < -0.4 is 11.1 Å². The molecule has 0 spiro atoms. The van der Waals surface area contributed by atoms with Crippen LogP contribution in [0.15, 0.2) is 0 Å². The lowest BCUT2D eigenvalue weighted by Gasteiger charge is -2.26. The van der Waals surface area contributed by atoms with Crippen molar-refractivity contribution in [2.75, 3.05) is 26.2 Å². The molecule has 0 aromatic heterocycles. The van der Waals surface area contributed by atoms with Gasteiger partial charge in [0, 0.05) is 25.7 Å². The minimum Gasteiger partial charge on any atom is -0.341 e. The number of hydrogen-bond acceptors (Lipinski definition) is 3. The molecule has 0 aromatic rings. The van der Waals surface area contributed by atoms with Gasteiger partial charge in [-0.1, -0.05) is 0 Å². The third-order valence-corrected chi connectivity index (χ3v) is 3.18. The number of piperidine rings is 1. The Labute approximate surface area is 84.8 Å². The normalized spacial score (nSPS) is 33.4. The standard InChI is InChI=1S/C10H19N3O/c11-9-3-5-13(7-9)10(14)8-2-1-4-12-6-8/h8-9,12H,1-7,11H2/t8-,9?/m1/s1. The van der Waals surface area contributed by atoms with Crippen molar-refractivity contribution in [2.24, 2.45) is 11.7 Å². The van der Waals surface area contributed by atoms with Crippen molar-refractivity contribution >= 4 is 5.91 Å². The number of likely N-dealkylation sites (tertiary alicyclic amines) is 1. The van der Waals surface area contributed by atoms with E-state index in [0.29, 0.717) is 5.91 Å². The predicted octanol–water partition coefficient (Wildman–Crippen LogP) is -0.454. The van der Waals surface area contributed by atoms with Crippen LogP contribution in [0.5, 0.6) is 0 Å². The summed E-state index contributed by atoms with van der Waals surface area (Å²) in [6.07, 6.45) is 3.12. The summed E-state index contributed by atoms with van der Waals surface area (Å²) in [6.45, 7) is 3.53. The summed E-state index contributed by atoms with van der Waals surface area (Å²) in [7, 11) is 0. The first-order chi connectivity index (χ1) is 6.77. The number of rotatable bonds is 1. The predicted molar refractivity (Wildman–Crippen MR) is 54.8 cm³/mol. The molecular formula is C10H19N3O. The fourth-order valence-electron chi connectivity index (χ4n) is 2.31. The molecule has 2 aliphatic rings. The number of carbonyl (C=O) groups is 1. The van der Waals surface area contributed by atoms with E-state index in [-0.39, 0.29) is 12.0 Å². The van der Waals surface area contributed by atoms with E-state index in [2.05, 4.69) is 5.32 Å². The Morgan fingerprint density at radius 1 is 1.43 bits per heavy atom. The molecule has 1 unspecified atom stereocenters. The van der Waals surface area contributed by atoms with E-state index < -0.39 is 0 Å². The van der Waals surface area contributed by atoms with Crippen LogP contribution in [0.2, 0.25) is 0 Å². The van der Waals surface area contributed by atoms with Gasteiger partial charge in [0.15, 0.2) is 0 Å². The molecule has 0 bridgehead atoms. The monoisotopic (exact) mass is 197 g/mol. The molecule has 3 N–H and O–H groups in total. The van der Waals surface area contributed by atoms with Crippen molar-refractivity contribution < 1.29 is 4.79 Å². The molecule has 2 heterocycles. The number of nitrogens with two attached hydrogens (primary N) is 1. The molecule has 0 aromatic carbocycles. The minimum atomic E-state index is 0.203. The first-order valence-electron chi connectivity index (χ1n) is 5.52. The van der Waals surface area contributed by atoms with Gasteiger partial charge in [-0.2, -0.15) is 0 Å². The molecule has 2 fully saturated rings. The van der Waals surface area contributed by atoms with Crippen LogP contribution in [0, 0.1) is 5.92 Å². The fraction of sp³-hybridized carbons (Fsp3) is 0.900. The van der Waals surface area contributed by atoms with Gasteiger partial charge in [0.25, 0.3) is 0 Å². The third kappa shape index (κ3) is 2.07. The molecule has 80 valence electrons. The van der Waals surface area contributed by atoms with E-state index in [4.69, 9.17) is 5.73 Å². The summed E-state index contributed by atoms with van der Waals surface area (Å²) in [6, 6.07) is 0.204.